The van der Waals surface area contributed by atoms with Crippen LogP contribution in [-0.4, -0.2) is 31.5 Å². The average molecular weight is 410 g/mol. The molecule has 0 atom stereocenters. The molecule has 0 aliphatic rings. The van der Waals surface area contributed by atoms with E-state index in [9.17, 15) is 26.4 Å². The third-order valence-corrected chi connectivity index (χ3v) is 4.48. The molecule has 0 saturated heterocycles. The smallest absolute Gasteiger partial charge is 0.416 e. The second-order valence-electron chi connectivity index (χ2n) is 4.91. The van der Waals surface area contributed by atoms with Gasteiger partial charge in [0, 0.05) is 17.4 Å². The van der Waals surface area contributed by atoms with E-state index in [0.717, 1.165) is 31.6 Å². The number of hydrogen-bond donors (Lipinski definition) is 1. The van der Waals surface area contributed by atoms with E-state index in [1.807, 2.05) is 4.72 Å². The number of alkyl halides is 3. The van der Waals surface area contributed by atoms with E-state index in [2.05, 4.69) is 14.7 Å². The first-order chi connectivity index (χ1) is 12.0. The van der Waals surface area contributed by atoms with Crippen molar-refractivity contribution in [2.24, 2.45) is 0 Å². The molecule has 2 rings (SSSR count). The van der Waals surface area contributed by atoms with Crippen LogP contribution < -0.4 is 4.72 Å². The van der Waals surface area contributed by atoms with Crippen LogP contribution in [0.2, 0.25) is 5.02 Å². The predicted octanol–water partition coefficient (Wildman–Crippen LogP) is 2.88. The van der Waals surface area contributed by atoms with Gasteiger partial charge in [-0.3, -0.25) is 4.72 Å². The molecule has 7 nitrogen and oxygen atoms in total. The number of ether oxygens (including phenoxy) is 1. The molecular formula is C14H11ClF3N3O4S. The number of halogens is 4. The minimum absolute atomic E-state index is 0.0575. The molecular weight excluding hydrogens is 399 g/mol. The van der Waals surface area contributed by atoms with Crippen molar-refractivity contribution in [2.75, 3.05) is 11.8 Å². The van der Waals surface area contributed by atoms with Gasteiger partial charge in [-0.25, -0.2) is 23.2 Å². The van der Waals surface area contributed by atoms with Gasteiger partial charge in [-0.15, -0.1) is 0 Å². The highest BCUT2D eigenvalue weighted by Gasteiger charge is 2.34. The molecule has 0 amide bonds. The first-order valence-corrected chi connectivity index (χ1v) is 8.82. The van der Waals surface area contributed by atoms with Gasteiger partial charge in [-0.05, 0) is 23.8 Å². The number of sulfonamides is 1. The van der Waals surface area contributed by atoms with Crippen LogP contribution in [0.25, 0.3) is 0 Å². The number of esters is 1. The number of hydrogen-bond acceptors (Lipinski definition) is 6. The van der Waals surface area contributed by atoms with Gasteiger partial charge in [0.05, 0.1) is 18.4 Å². The summed E-state index contributed by atoms with van der Waals surface area (Å²) in [7, 11) is -3.32. The van der Waals surface area contributed by atoms with Crippen LogP contribution in [0.15, 0.2) is 30.6 Å². The maximum Gasteiger partial charge on any atom is 0.416 e. The molecule has 12 heteroatoms. The molecule has 0 spiro atoms. The van der Waals surface area contributed by atoms with Crippen molar-refractivity contribution >= 4 is 33.4 Å². The van der Waals surface area contributed by atoms with E-state index < -0.39 is 50.6 Å². The van der Waals surface area contributed by atoms with Gasteiger partial charge in [0.15, 0.2) is 11.5 Å². The van der Waals surface area contributed by atoms with E-state index in [4.69, 9.17) is 11.6 Å². The number of aromatic nitrogens is 2. The topological polar surface area (TPSA) is 98.2 Å². The minimum atomic E-state index is -4.76. The quantitative estimate of drug-likeness (QED) is 0.762. The van der Waals surface area contributed by atoms with Crippen LogP contribution in [0.1, 0.15) is 21.6 Å². The normalized spacial score (nSPS) is 11.9. The number of carbonyl (C=O) groups excluding carboxylic acids is 1. The zero-order valence-corrected chi connectivity index (χ0v) is 14.6. The fourth-order valence-electron chi connectivity index (χ4n) is 2.01. The van der Waals surface area contributed by atoms with Gasteiger partial charge in [-0.2, -0.15) is 13.2 Å². The van der Waals surface area contributed by atoms with Gasteiger partial charge < -0.3 is 4.74 Å². The maximum absolute atomic E-state index is 13.1. The Hall–Kier alpha value is -2.40. The van der Waals surface area contributed by atoms with Gasteiger partial charge in [0.2, 0.25) is 10.0 Å². The van der Waals surface area contributed by atoms with E-state index in [1.165, 1.54) is 0 Å². The van der Waals surface area contributed by atoms with Crippen molar-refractivity contribution in [3.63, 3.8) is 0 Å². The molecule has 140 valence electrons. The summed E-state index contributed by atoms with van der Waals surface area (Å²) in [5.41, 5.74) is -2.12. The highest BCUT2D eigenvalue weighted by atomic mass is 35.5. The molecule has 1 aromatic carbocycles. The Balaban J connectivity index is 2.37. The Morgan fingerprint density at radius 3 is 2.54 bits per heavy atom. The van der Waals surface area contributed by atoms with Gasteiger partial charge in [0.1, 0.15) is 0 Å². The lowest BCUT2D eigenvalue weighted by atomic mass is 10.1. The first-order valence-electron chi connectivity index (χ1n) is 6.79. The van der Waals surface area contributed by atoms with E-state index >= 15 is 0 Å². The maximum atomic E-state index is 13.1. The lowest BCUT2D eigenvalue weighted by molar-refractivity contribution is -0.138. The van der Waals surface area contributed by atoms with Gasteiger partial charge in [0.25, 0.3) is 0 Å². The molecule has 1 aromatic heterocycles. The number of methoxy groups -OCH3 is 1. The largest absolute Gasteiger partial charge is 0.464 e. The van der Waals surface area contributed by atoms with Crippen molar-refractivity contribution in [2.45, 2.75) is 11.9 Å². The third-order valence-electron chi connectivity index (χ3n) is 3.05. The van der Waals surface area contributed by atoms with Crippen molar-refractivity contribution < 1.29 is 31.1 Å². The monoisotopic (exact) mass is 409 g/mol. The number of carbonyl (C=O) groups is 1. The molecule has 0 fully saturated rings. The fraction of sp³-hybridized carbons (Fsp3) is 0.214. The molecule has 0 unspecified atom stereocenters. The number of benzene rings is 1. The Morgan fingerprint density at radius 2 is 1.92 bits per heavy atom. The zero-order chi connectivity index (χ0) is 19.5. The number of nitrogens with zero attached hydrogens (tertiary/aromatic N) is 2. The third kappa shape index (κ3) is 4.82. The van der Waals surface area contributed by atoms with Crippen LogP contribution in [0.3, 0.4) is 0 Å². The lowest BCUT2D eigenvalue weighted by Gasteiger charge is -2.14. The summed E-state index contributed by atoms with van der Waals surface area (Å²) in [5.74, 6) is -2.47. The van der Waals surface area contributed by atoms with Crippen molar-refractivity contribution in [1.82, 2.24) is 9.97 Å². The number of anilines is 1. The van der Waals surface area contributed by atoms with Crippen LogP contribution in [0.5, 0.6) is 0 Å². The summed E-state index contributed by atoms with van der Waals surface area (Å²) in [6.45, 7) is 0. The van der Waals surface area contributed by atoms with Gasteiger partial charge in [-0.1, -0.05) is 11.6 Å². The summed E-state index contributed by atoms with van der Waals surface area (Å²) in [6, 6.07) is 2.60. The SMILES string of the molecule is COC(=O)c1nccnc1NS(=O)(=O)Cc1cc(Cl)ccc1C(F)(F)F. The van der Waals surface area contributed by atoms with Crippen LogP contribution in [-0.2, 0) is 26.7 Å². The molecule has 1 N–H and O–H groups in total. The summed E-state index contributed by atoms with van der Waals surface area (Å²) in [6.07, 6.45) is -2.53. The zero-order valence-electron chi connectivity index (χ0n) is 13.0. The van der Waals surface area contributed by atoms with E-state index in [0.29, 0.717) is 6.07 Å². The number of rotatable bonds is 5. The molecule has 0 aliphatic carbocycles. The summed E-state index contributed by atoms with van der Waals surface area (Å²) in [4.78, 5) is 18.9. The first kappa shape index (κ1) is 19.9. The van der Waals surface area contributed by atoms with Gasteiger partial charge >= 0.3 is 12.1 Å². The fourth-order valence-corrected chi connectivity index (χ4v) is 3.36. The predicted molar refractivity (Wildman–Crippen MR) is 86.1 cm³/mol. The van der Waals surface area contributed by atoms with Crippen molar-refractivity contribution in [1.29, 1.82) is 0 Å². The minimum Gasteiger partial charge on any atom is -0.464 e. The van der Waals surface area contributed by atoms with E-state index in [-0.39, 0.29) is 5.02 Å². The Bertz CT molecular complexity index is 935. The summed E-state index contributed by atoms with van der Waals surface area (Å²) < 4.78 is 70.1. The Kier molecular flexibility index (Phi) is 5.71. The number of nitrogens with one attached hydrogen (secondary N) is 1. The molecule has 26 heavy (non-hydrogen) atoms. The Labute approximate surface area is 151 Å². The Morgan fingerprint density at radius 1 is 1.27 bits per heavy atom. The standard InChI is InChI=1S/C14H11ClF3N3O4S/c1-25-13(22)11-12(20-5-4-19-11)21-26(23,24)7-8-6-9(15)2-3-10(8)14(16,17)18/h2-6H,7H2,1H3,(H,20,21). The van der Waals surface area contributed by atoms with E-state index in [1.54, 1.807) is 0 Å². The van der Waals surface area contributed by atoms with Crippen LogP contribution >= 0.6 is 11.6 Å². The molecule has 0 bridgehead atoms. The van der Waals surface area contributed by atoms with Crippen LogP contribution in [0, 0.1) is 0 Å². The van der Waals surface area contributed by atoms with Crippen molar-refractivity contribution in [3.8, 4) is 0 Å². The highest BCUT2D eigenvalue weighted by molar-refractivity contribution is 7.91. The van der Waals surface area contributed by atoms with Crippen molar-refractivity contribution in [3.05, 3.63) is 52.4 Å². The van der Waals surface area contributed by atoms with Crippen LogP contribution in [0.4, 0.5) is 19.0 Å². The molecule has 0 saturated carbocycles. The molecule has 1 heterocycles. The molecule has 0 radical (unpaired) electrons. The summed E-state index contributed by atoms with van der Waals surface area (Å²) >= 11 is 5.68. The molecule has 2 aromatic rings. The lowest BCUT2D eigenvalue weighted by Crippen LogP contribution is -2.21. The second-order valence-corrected chi connectivity index (χ2v) is 7.06. The molecule has 0 aliphatic heterocycles. The summed E-state index contributed by atoms with van der Waals surface area (Å²) in [5, 5.41) is -0.0575. The highest BCUT2D eigenvalue weighted by Crippen LogP contribution is 2.34. The second kappa shape index (κ2) is 7.46. The average Bonchev–Trinajstić information content (AvgIpc) is 2.52.